The van der Waals surface area contributed by atoms with Crippen LogP contribution in [-0.2, 0) is 10.3 Å². The van der Waals surface area contributed by atoms with Gasteiger partial charge in [-0.15, -0.1) is 0 Å². The van der Waals surface area contributed by atoms with Crippen molar-refractivity contribution in [3.05, 3.63) is 47.7 Å². The predicted molar refractivity (Wildman–Crippen MR) is 115 cm³/mol. The summed E-state index contributed by atoms with van der Waals surface area (Å²) in [6.07, 6.45) is 0.0290. The molecule has 0 bridgehead atoms. The van der Waals surface area contributed by atoms with Crippen LogP contribution in [0.4, 0.5) is 11.8 Å². The molecule has 0 aliphatic heterocycles. The molecular formula is C20H27N5O5S. The largest absolute Gasteiger partial charge is 0.389 e. The smallest absolute Gasteiger partial charge is 0.335 e. The van der Waals surface area contributed by atoms with E-state index in [9.17, 15) is 23.2 Å². The van der Waals surface area contributed by atoms with E-state index in [1.54, 1.807) is 12.3 Å². The lowest BCUT2D eigenvalue weighted by molar-refractivity contribution is 0.0154. The van der Waals surface area contributed by atoms with Crippen LogP contribution in [0.1, 0.15) is 42.9 Å². The molecule has 1 aromatic heterocycles. The molecule has 0 saturated heterocycles. The lowest BCUT2D eigenvalue weighted by Gasteiger charge is -2.23. The highest BCUT2D eigenvalue weighted by atomic mass is 32.2. The third-order valence-corrected chi connectivity index (χ3v) is 7.27. The molecule has 2 aliphatic carbocycles. The molecule has 6 atom stereocenters. The molecule has 168 valence electrons. The average Bonchev–Trinajstić information content (AvgIpc) is 3.18. The van der Waals surface area contributed by atoms with Gasteiger partial charge in [-0.2, -0.15) is 17.7 Å². The molecule has 2 unspecified atom stereocenters. The van der Waals surface area contributed by atoms with Gasteiger partial charge in [0.25, 0.3) is 0 Å². The zero-order valence-electron chi connectivity index (χ0n) is 17.3. The summed E-state index contributed by atoms with van der Waals surface area (Å²) >= 11 is 0. The highest BCUT2D eigenvalue weighted by molar-refractivity contribution is 7.83. The molecule has 4 rings (SSSR count). The Bertz CT molecular complexity index is 1050. The van der Waals surface area contributed by atoms with Gasteiger partial charge < -0.3 is 20.8 Å². The van der Waals surface area contributed by atoms with Gasteiger partial charge in [-0.1, -0.05) is 31.2 Å². The zero-order valence-corrected chi connectivity index (χ0v) is 18.1. The van der Waals surface area contributed by atoms with Crippen molar-refractivity contribution >= 4 is 22.1 Å². The van der Waals surface area contributed by atoms with Crippen molar-refractivity contribution in [1.82, 2.24) is 14.3 Å². The van der Waals surface area contributed by atoms with Crippen molar-refractivity contribution in [2.45, 2.75) is 56.0 Å². The van der Waals surface area contributed by atoms with Gasteiger partial charge >= 0.3 is 10.3 Å². The van der Waals surface area contributed by atoms with Crippen molar-refractivity contribution < 1.29 is 23.2 Å². The first kappa shape index (κ1) is 21.9. The Morgan fingerprint density at radius 3 is 2.48 bits per heavy atom. The van der Waals surface area contributed by atoms with Gasteiger partial charge in [0, 0.05) is 13.2 Å². The molecule has 1 saturated carbocycles. The quantitative estimate of drug-likeness (QED) is 0.410. The number of hydrogen-bond donors (Lipinski definition) is 5. The van der Waals surface area contributed by atoms with Gasteiger partial charge in [0.1, 0.15) is 11.9 Å². The second-order valence-corrected chi connectivity index (χ2v) is 9.73. The fourth-order valence-electron chi connectivity index (χ4n) is 4.56. The Kier molecular flexibility index (Phi) is 5.88. The summed E-state index contributed by atoms with van der Waals surface area (Å²) in [6, 6.07) is 8.39. The van der Waals surface area contributed by atoms with Gasteiger partial charge in [0.2, 0.25) is 5.95 Å². The minimum atomic E-state index is -4.49. The molecule has 0 radical (unpaired) electrons. The van der Waals surface area contributed by atoms with Crippen LogP contribution in [0.15, 0.2) is 36.5 Å². The Labute approximate surface area is 181 Å². The Morgan fingerprint density at radius 1 is 1.06 bits per heavy atom. The second kappa shape index (κ2) is 8.32. The predicted octanol–water partition coefficient (Wildman–Crippen LogP) is 1.15. The average molecular weight is 450 g/mol. The van der Waals surface area contributed by atoms with Crippen molar-refractivity contribution in [3.8, 4) is 0 Å². The maximum absolute atomic E-state index is 11.4. The Hall–Kier alpha value is -2.31. The van der Waals surface area contributed by atoms with Gasteiger partial charge in [0.05, 0.1) is 24.2 Å². The Morgan fingerprint density at radius 2 is 1.77 bits per heavy atom. The minimum Gasteiger partial charge on any atom is -0.389 e. The lowest BCUT2D eigenvalue weighted by Crippen LogP contribution is -2.44. The van der Waals surface area contributed by atoms with Crippen LogP contribution in [0.3, 0.4) is 0 Å². The minimum absolute atomic E-state index is 0.0909. The van der Waals surface area contributed by atoms with E-state index in [-0.39, 0.29) is 12.5 Å². The van der Waals surface area contributed by atoms with Crippen LogP contribution in [-0.4, -0.2) is 68.8 Å². The molecule has 1 aromatic carbocycles. The zero-order chi connectivity index (χ0) is 22.3. The van der Waals surface area contributed by atoms with Gasteiger partial charge in [-0.25, -0.2) is 4.98 Å². The highest BCUT2D eigenvalue weighted by Crippen LogP contribution is 2.41. The number of anilines is 2. The molecule has 0 spiro atoms. The van der Waals surface area contributed by atoms with Crippen LogP contribution in [0.25, 0.3) is 0 Å². The molecule has 5 N–H and O–H groups in total. The molecule has 2 aromatic rings. The van der Waals surface area contributed by atoms with E-state index in [1.165, 1.54) is 11.1 Å². The van der Waals surface area contributed by atoms with Crippen LogP contribution in [0.5, 0.6) is 0 Å². The number of benzene rings is 1. The first-order valence-electron chi connectivity index (χ1n) is 10.2. The topological polar surface area (TPSA) is 148 Å². The van der Waals surface area contributed by atoms with E-state index in [0.717, 1.165) is 13.5 Å². The normalized spacial score (nSPS) is 30.4. The number of hydrogen-bond acceptors (Lipinski definition) is 8. The summed E-state index contributed by atoms with van der Waals surface area (Å²) < 4.78 is 32.7. The number of rotatable bonds is 6. The van der Waals surface area contributed by atoms with Crippen LogP contribution >= 0.6 is 0 Å². The second-order valence-electron chi connectivity index (χ2n) is 8.26. The van der Waals surface area contributed by atoms with Gasteiger partial charge in [-0.05, 0) is 36.0 Å². The number of nitrogens with one attached hydrogen (secondary N) is 2. The number of aliphatic hydroxyl groups is 2. The molecule has 1 heterocycles. The third-order valence-electron chi connectivity index (χ3n) is 6.27. The molecule has 31 heavy (non-hydrogen) atoms. The Balaban J connectivity index is 1.46. The van der Waals surface area contributed by atoms with E-state index in [1.807, 2.05) is 12.1 Å². The van der Waals surface area contributed by atoms with Crippen LogP contribution in [0.2, 0.25) is 0 Å². The van der Waals surface area contributed by atoms with E-state index in [2.05, 4.69) is 39.7 Å². The summed E-state index contributed by atoms with van der Waals surface area (Å²) in [5, 5.41) is 27.0. The lowest BCUT2D eigenvalue weighted by atomic mass is 10.0. The number of nitrogens with zero attached hydrogens (tertiary/aromatic N) is 3. The summed E-state index contributed by atoms with van der Waals surface area (Å²) in [6.45, 7) is 2.19. The highest BCUT2D eigenvalue weighted by Gasteiger charge is 2.46. The van der Waals surface area contributed by atoms with Gasteiger partial charge in [-0.3, -0.25) is 4.55 Å². The summed E-state index contributed by atoms with van der Waals surface area (Å²) in [7, 11) is -3.33. The monoisotopic (exact) mass is 449 g/mol. The molecule has 2 aliphatic rings. The van der Waals surface area contributed by atoms with Gasteiger partial charge in [0.15, 0.2) is 0 Å². The van der Waals surface area contributed by atoms with Crippen LogP contribution in [0, 0.1) is 0 Å². The standard InChI is InChI=1S/C20H27N5O5S/c1-11-9-14(13-6-4-3-5-12(11)13)23-20-21-8-7-17(24-20)22-15-10-16(19(27)18(15)26)25(2)31(28,29)30/h3-8,11,14-16,18-19,26-27H,9-10H2,1-2H3,(H,28,29,30)(H2,21,22,23,24)/t11?,14?,15-,16-,18+,19-/m1/s1. The molecule has 10 nitrogen and oxygen atoms in total. The summed E-state index contributed by atoms with van der Waals surface area (Å²) in [4.78, 5) is 8.76. The fraction of sp³-hybridized carbons (Fsp3) is 0.500. The van der Waals surface area contributed by atoms with E-state index in [0.29, 0.717) is 22.0 Å². The first-order valence-corrected chi connectivity index (χ1v) is 11.6. The van der Waals surface area contributed by atoms with Crippen molar-refractivity contribution in [2.24, 2.45) is 0 Å². The van der Waals surface area contributed by atoms with E-state index in [4.69, 9.17) is 0 Å². The van der Waals surface area contributed by atoms with Crippen molar-refractivity contribution in [2.75, 3.05) is 17.7 Å². The van der Waals surface area contributed by atoms with Crippen molar-refractivity contribution in [1.29, 1.82) is 0 Å². The SMILES string of the molecule is CC1CC(Nc2nccc(N[C@@H]3C[C@@H](N(C)S(=O)(=O)O)[C@@H](O)[C@H]3O)n2)c2ccccc21. The maximum Gasteiger partial charge on any atom is 0.335 e. The summed E-state index contributed by atoms with van der Waals surface area (Å²) in [5.41, 5.74) is 2.54. The van der Waals surface area contributed by atoms with E-state index < -0.39 is 34.6 Å². The number of aliphatic hydroxyl groups excluding tert-OH is 2. The molecular weight excluding hydrogens is 422 g/mol. The molecule has 0 amide bonds. The van der Waals surface area contributed by atoms with Crippen LogP contribution < -0.4 is 10.6 Å². The number of aromatic nitrogens is 2. The number of fused-ring (bicyclic) bond motifs is 1. The molecule has 1 fully saturated rings. The third kappa shape index (κ3) is 4.37. The molecule has 11 heteroatoms. The van der Waals surface area contributed by atoms with E-state index >= 15 is 0 Å². The van der Waals surface area contributed by atoms with Crippen molar-refractivity contribution in [3.63, 3.8) is 0 Å². The first-order chi connectivity index (χ1) is 14.6. The maximum atomic E-state index is 11.4. The summed E-state index contributed by atoms with van der Waals surface area (Å²) in [5.74, 6) is 1.30. The fourth-order valence-corrected chi connectivity index (χ4v) is 5.11. The number of likely N-dealkylation sites (N-methyl/N-ethyl adjacent to an activating group) is 1.